The Morgan fingerprint density at radius 2 is 1.90 bits per heavy atom. The van der Waals surface area contributed by atoms with Gasteiger partial charge in [0.2, 0.25) is 0 Å². The first-order valence-electron chi connectivity index (χ1n) is 6.55. The van der Waals surface area contributed by atoms with Crippen LogP contribution in [0, 0.1) is 5.92 Å². The monoisotopic (exact) mass is 323 g/mol. The van der Waals surface area contributed by atoms with Crippen LogP contribution >= 0.6 is 0 Å². The molecule has 0 spiro atoms. The van der Waals surface area contributed by atoms with Gasteiger partial charge < -0.3 is 10.1 Å². The largest absolute Gasteiger partial charge is 0.501 e. The van der Waals surface area contributed by atoms with E-state index < -0.39 is 20.2 Å². The number of nitrogens with one attached hydrogen (secondary N) is 1. The van der Waals surface area contributed by atoms with E-state index in [1.54, 1.807) is 0 Å². The summed E-state index contributed by atoms with van der Waals surface area (Å²) in [5, 5.41) is 3.23. The molecule has 21 heavy (non-hydrogen) atoms. The van der Waals surface area contributed by atoms with Crippen LogP contribution in [0.3, 0.4) is 0 Å². The number of rotatable bonds is 5. The Morgan fingerprint density at radius 1 is 1.24 bits per heavy atom. The summed E-state index contributed by atoms with van der Waals surface area (Å²) in [6, 6.07) is 4.31. The van der Waals surface area contributed by atoms with Gasteiger partial charge in [-0.15, -0.1) is 0 Å². The molecule has 1 aliphatic heterocycles. The summed E-state index contributed by atoms with van der Waals surface area (Å²) in [7, 11) is -5.29. The Morgan fingerprint density at radius 3 is 2.43 bits per heavy atom. The number of halogens is 3. The molecule has 1 N–H and O–H groups in total. The third-order valence-electron chi connectivity index (χ3n) is 3.40. The second kappa shape index (κ2) is 6.23. The van der Waals surface area contributed by atoms with Crippen LogP contribution in [0.15, 0.2) is 29.2 Å². The topological polar surface area (TPSA) is 55.4 Å². The van der Waals surface area contributed by atoms with Crippen LogP contribution in [0.1, 0.15) is 12.8 Å². The van der Waals surface area contributed by atoms with Crippen molar-refractivity contribution in [3.8, 4) is 5.75 Å². The Balaban J connectivity index is 1.93. The highest BCUT2D eigenvalue weighted by molar-refractivity contribution is 7.92. The molecule has 118 valence electrons. The van der Waals surface area contributed by atoms with Gasteiger partial charge in [-0.25, -0.2) is 8.42 Å². The molecule has 1 fully saturated rings. The summed E-state index contributed by atoms with van der Waals surface area (Å²) in [5.74, 6) is 0.914. The molecule has 0 amide bonds. The molecule has 2 rings (SSSR count). The molecule has 1 aromatic rings. The molecule has 0 bridgehead atoms. The van der Waals surface area contributed by atoms with E-state index >= 15 is 0 Å². The smallest absolute Gasteiger partial charge is 0.494 e. The Hall–Kier alpha value is -1.28. The fourth-order valence-electron chi connectivity index (χ4n) is 2.15. The summed E-state index contributed by atoms with van der Waals surface area (Å²) in [5.41, 5.74) is -5.29. The van der Waals surface area contributed by atoms with E-state index in [0.717, 1.165) is 38.1 Å². The number of alkyl halides is 3. The summed E-state index contributed by atoms with van der Waals surface area (Å²) >= 11 is 0. The van der Waals surface area contributed by atoms with Crippen molar-refractivity contribution in [1.82, 2.24) is 5.32 Å². The molecule has 1 aromatic carbocycles. The van der Waals surface area contributed by atoms with Crippen molar-refractivity contribution in [3.05, 3.63) is 24.3 Å². The molecule has 0 aliphatic carbocycles. The van der Waals surface area contributed by atoms with E-state index in [1.165, 1.54) is 12.1 Å². The van der Waals surface area contributed by atoms with E-state index in [4.69, 9.17) is 4.74 Å². The minimum absolute atomic E-state index is 0.363. The lowest BCUT2D eigenvalue weighted by molar-refractivity contribution is -0.0436. The fraction of sp³-hybridized carbons (Fsp3) is 0.538. The average molecular weight is 323 g/mol. The molecular formula is C13H16F3NO3S. The molecule has 1 unspecified atom stereocenters. The van der Waals surface area contributed by atoms with E-state index in [-0.39, 0.29) is 0 Å². The Bertz CT molecular complexity index is 563. The van der Waals surface area contributed by atoms with Crippen LogP contribution in [0.4, 0.5) is 13.2 Å². The molecule has 0 aromatic heterocycles. The minimum Gasteiger partial charge on any atom is -0.494 e. The molecular weight excluding hydrogens is 307 g/mol. The van der Waals surface area contributed by atoms with Gasteiger partial charge in [0.1, 0.15) is 5.75 Å². The zero-order valence-electron chi connectivity index (χ0n) is 11.2. The molecule has 1 heterocycles. The fourth-order valence-corrected chi connectivity index (χ4v) is 2.91. The van der Waals surface area contributed by atoms with Crippen molar-refractivity contribution in [2.45, 2.75) is 23.2 Å². The number of ether oxygens (including phenoxy) is 1. The van der Waals surface area contributed by atoms with Crippen LogP contribution < -0.4 is 10.1 Å². The standard InChI is InChI=1S/C13H16F3NO3S/c14-13(15,16)21(18,19)12-3-1-11(2-4-12)20-8-6-10-5-7-17-9-10/h1-4,10,17H,5-9H2. The highest BCUT2D eigenvalue weighted by atomic mass is 32.2. The molecule has 0 radical (unpaired) electrons. The molecule has 8 heteroatoms. The Labute approximate surface area is 121 Å². The first-order valence-corrected chi connectivity index (χ1v) is 8.04. The maximum atomic E-state index is 12.4. The van der Waals surface area contributed by atoms with Gasteiger partial charge >= 0.3 is 5.51 Å². The highest BCUT2D eigenvalue weighted by Crippen LogP contribution is 2.31. The summed E-state index contributed by atoms with van der Waals surface area (Å²) in [6.45, 7) is 2.40. The van der Waals surface area contributed by atoms with Crippen molar-refractivity contribution in [2.24, 2.45) is 5.92 Å². The summed E-state index contributed by atoms with van der Waals surface area (Å²) < 4.78 is 64.9. The first-order chi connectivity index (χ1) is 9.80. The van der Waals surface area contributed by atoms with Gasteiger partial charge in [-0.2, -0.15) is 13.2 Å². The molecule has 0 saturated carbocycles. The average Bonchev–Trinajstić information content (AvgIpc) is 2.91. The molecule has 4 nitrogen and oxygen atoms in total. The van der Waals surface area contributed by atoms with Gasteiger partial charge in [0.05, 0.1) is 11.5 Å². The number of benzene rings is 1. The summed E-state index contributed by atoms with van der Waals surface area (Å²) in [4.78, 5) is -0.776. The molecule has 1 aliphatic rings. The van der Waals surface area contributed by atoms with Crippen molar-refractivity contribution in [3.63, 3.8) is 0 Å². The Kier molecular flexibility index (Phi) is 4.77. The van der Waals surface area contributed by atoms with Crippen molar-refractivity contribution < 1.29 is 26.3 Å². The maximum Gasteiger partial charge on any atom is 0.501 e. The van der Waals surface area contributed by atoms with Gasteiger partial charge in [-0.1, -0.05) is 0 Å². The zero-order chi connectivity index (χ0) is 15.5. The number of hydrogen-bond acceptors (Lipinski definition) is 4. The van der Waals surface area contributed by atoms with Crippen LogP contribution in [0.2, 0.25) is 0 Å². The predicted molar refractivity (Wildman–Crippen MR) is 70.8 cm³/mol. The van der Waals surface area contributed by atoms with Crippen molar-refractivity contribution in [1.29, 1.82) is 0 Å². The van der Waals surface area contributed by atoms with Gasteiger partial charge in [-0.05, 0) is 56.1 Å². The predicted octanol–water partition coefficient (Wildman–Crippen LogP) is 2.36. The van der Waals surface area contributed by atoms with Crippen LogP contribution in [0.5, 0.6) is 5.75 Å². The van der Waals surface area contributed by atoms with Crippen LogP contribution in [-0.2, 0) is 9.84 Å². The van der Waals surface area contributed by atoms with Crippen molar-refractivity contribution >= 4 is 9.84 Å². The quantitative estimate of drug-likeness (QED) is 0.904. The lowest BCUT2D eigenvalue weighted by Crippen LogP contribution is -2.23. The third kappa shape index (κ3) is 3.88. The molecule has 1 saturated heterocycles. The summed E-state index contributed by atoms with van der Waals surface area (Å²) in [6.07, 6.45) is 1.95. The normalized spacial score (nSPS) is 19.7. The number of sulfone groups is 1. The molecule has 1 atom stereocenters. The van der Waals surface area contributed by atoms with Crippen LogP contribution in [-0.4, -0.2) is 33.6 Å². The minimum atomic E-state index is -5.29. The highest BCUT2D eigenvalue weighted by Gasteiger charge is 2.46. The van der Waals surface area contributed by atoms with Gasteiger partial charge in [-0.3, -0.25) is 0 Å². The number of hydrogen-bond donors (Lipinski definition) is 1. The second-order valence-electron chi connectivity index (χ2n) is 4.92. The SMILES string of the molecule is O=S(=O)(c1ccc(OCCC2CCNC2)cc1)C(F)(F)F. The van der Waals surface area contributed by atoms with E-state index in [2.05, 4.69) is 5.32 Å². The van der Waals surface area contributed by atoms with E-state index in [0.29, 0.717) is 18.3 Å². The van der Waals surface area contributed by atoms with Gasteiger partial charge in [0.15, 0.2) is 0 Å². The van der Waals surface area contributed by atoms with Crippen molar-refractivity contribution in [2.75, 3.05) is 19.7 Å². The maximum absolute atomic E-state index is 12.4. The van der Waals surface area contributed by atoms with Crippen LogP contribution in [0.25, 0.3) is 0 Å². The first kappa shape index (κ1) is 16.1. The lowest BCUT2D eigenvalue weighted by atomic mass is 10.1. The second-order valence-corrected chi connectivity index (χ2v) is 6.86. The third-order valence-corrected chi connectivity index (χ3v) is 4.90. The lowest BCUT2D eigenvalue weighted by Gasteiger charge is -2.11. The van der Waals surface area contributed by atoms with Gasteiger partial charge in [0, 0.05) is 0 Å². The van der Waals surface area contributed by atoms with E-state index in [9.17, 15) is 21.6 Å². The van der Waals surface area contributed by atoms with Gasteiger partial charge in [0.25, 0.3) is 9.84 Å². The zero-order valence-corrected chi connectivity index (χ0v) is 12.0. The van der Waals surface area contributed by atoms with E-state index in [1.807, 2.05) is 0 Å².